The molecule has 1 aliphatic heterocycles. The fourth-order valence-corrected chi connectivity index (χ4v) is 1.63. The van der Waals surface area contributed by atoms with Crippen molar-refractivity contribution in [3.63, 3.8) is 0 Å². The van der Waals surface area contributed by atoms with Crippen molar-refractivity contribution >= 4 is 11.9 Å². The smallest absolute Gasteiger partial charge is 0.410 e. The van der Waals surface area contributed by atoms with Crippen LogP contribution in [-0.4, -0.2) is 45.7 Å². The average Bonchev–Trinajstić information content (AvgIpc) is 2.21. The van der Waals surface area contributed by atoms with E-state index in [0.717, 1.165) is 5.82 Å². The highest BCUT2D eigenvalue weighted by Gasteiger charge is 2.33. The zero-order valence-corrected chi connectivity index (χ0v) is 10.9. The SMILES string of the molecule is CC(C)(C)OC(=O)N1CC(Nc2cnccn2)C1. The van der Waals surface area contributed by atoms with Crippen molar-refractivity contribution in [2.75, 3.05) is 18.4 Å². The number of hydrogen-bond acceptors (Lipinski definition) is 5. The lowest BCUT2D eigenvalue weighted by atomic mass is 10.1. The van der Waals surface area contributed by atoms with Crippen LogP contribution in [0.25, 0.3) is 0 Å². The van der Waals surface area contributed by atoms with Gasteiger partial charge in [-0.25, -0.2) is 9.78 Å². The standard InChI is InChI=1S/C12H18N4O2/c1-12(2,3)18-11(17)16-7-9(8-16)15-10-6-13-4-5-14-10/h4-6,9H,7-8H2,1-3H3,(H,14,15). The summed E-state index contributed by atoms with van der Waals surface area (Å²) >= 11 is 0. The van der Waals surface area contributed by atoms with Gasteiger partial charge in [-0.2, -0.15) is 0 Å². The van der Waals surface area contributed by atoms with E-state index < -0.39 is 5.60 Å². The second-order valence-electron chi connectivity index (χ2n) is 5.32. The average molecular weight is 250 g/mol. The largest absolute Gasteiger partial charge is 0.444 e. The third kappa shape index (κ3) is 3.32. The number of ether oxygens (including phenoxy) is 1. The van der Waals surface area contributed by atoms with Gasteiger partial charge in [-0.05, 0) is 20.8 Å². The van der Waals surface area contributed by atoms with Gasteiger partial charge in [0.15, 0.2) is 0 Å². The van der Waals surface area contributed by atoms with Crippen LogP contribution in [0.2, 0.25) is 0 Å². The maximum atomic E-state index is 11.7. The normalized spacial score (nSPS) is 16.1. The molecule has 2 rings (SSSR count). The van der Waals surface area contributed by atoms with Crippen LogP contribution < -0.4 is 5.32 Å². The lowest BCUT2D eigenvalue weighted by Gasteiger charge is -2.40. The van der Waals surface area contributed by atoms with Gasteiger partial charge in [-0.3, -0.25) is 4.98 Å². The Morgan fingerprint density at radius 3 is 2.72 bits per heavy atom. The van der Waals surface area contributed by atoms with E-state index >= 15 is 0 Å². The lowest BCUT2D eigenvalue weighted by molar-refractivity contribution is 0.0104. The predicted octanol–water partition coefficient (Wildman–Crippen LogP) is 1.51. The number of carbonyl (C=O) groups excluding carboxylic acids is 1. The van der Waals surface area contributed by atoms with E-state index in [0.29, 0.717) is 13.1 Å². The molecular weight excluding hydrogens is 232 g/mol. The molecule has 0 spiro atoms. The van der Waals surface area contributed by atoms with Crippen LogP contribution in [0.4, 0.5) is 10.6 Å². The van der Waals surface area contributed by atoms with Crippen molar-refractivity contribution in [1.82, 2.24) is 14.9 Å². The monoisotopic (exact) mass is 250 g/mol. The molecule has 0 unspecified atom stereocenters. The highest BCUT2D eigenvalue weighted by molar-refractivity contribution is 5.69. The minimum atomic E-state index is -0.444. The summed E-state index contributed by atoms with van der Waals surface area (Å²) in [5.41, 5.74) is -0.444. The first kappa shape index (κ1) is 12.6. The number of hydrogen-bond donors (Lipinski definition) is 1. The zero-order valence-electron chi connectivity index (χ0n) is 10.9. The first-order valence-corrected chi connectivity index (χ1v) is 5.94. The van der Waals surface area contributed by atoms with Crippen LogP contribution in [0.3, 0.4) is 0 Å². The summed E-state index contributed by atoms with van der Waals surface area (Å²) in [5.74, 6) is 0.728. The molecule has 2 heterocycles. The van der Waals surface area contributed by atoms with Crippen LogP contribution in [0.1, 0.15) is 20.8 Å². The van der Waals surface area contributed by atoms with Crippen molar-refractivity contribution in [3.8, 4) is 0 Å². The summed E-state index contributed by atoms with van der Waals surface area (Å²) in [7, 11) is 0. The Kier molecular flexibility index (Phi) is 3.36. The van der Waals surface area contributed by atoms with Gasteiger partial charge in [0.1, 0.15) is 11.4 Å². The number of carbonyl (C=O) groups is 1. The predicted molar refractivity (Wildman–Crippen MR) is 67.2 cm³/mol. The maximum absolute atomic E-state index is 11.7. The lowest BCUT2D eigenvalue weighted by Crippen LogP contribution is -2.58. The third-order valence-corrected chi connectivity index (χ3v) is 2.45. The highest BCUT2D eigenvalue weighted by Crippen LogP contribution is 2.17. The van der Waals surface area contributed by atoms with Crippen LogP contribution in [0, 0.1) is 0 Å². The maximum Gasteiger partial charge on any atom is 0.410 e. The number of amides is 1. The van der Waals surface area contributed by atoms with E-state index in [1.54, 1.807) is 23.5 Å². The molecular formula is C12H18N4O2. The molecule has 0 saturated carbocycles. The molecule has 0 bridgehead atoms. The van der Waals surface area contributed by atoms with Crippen molar-refractivity contribution < 1.29 is 9.53 Å². The Bertz CT molecular complexity index is 410. The number of anilines is 1. The molecule has 98 valence electrons. The Balaban J connectivity index is 1.76. The molecule has 0 aromatic carbocycles. The number of aromatic nitrogens is 2. The Labute approximate surface area is 106 Å². The van der Waals surface area contributed by atoms with E-state index in [-0.39, 0.29) is 12.1 Å². The minimum absolute atomic E-state index is 0.217. The minimum Gasteiger partial charge on any atom is -0.444 e. The van der Waals surface area contributed by atoms with E-state index in [9.17, 15) is 4.79 Å². The number of nitrogens with one attached hydrogen (secondary N) is 1. The zero-order chi connectivity index (χ0) is 13.2. The molecule has 18 heavy (non-hydrogen) atoms. The summed E-state index contributed by atoms with van der Waals surface area (Å²) in [6.45, 7) is 6.84. The van der Waals surface area contributed by atoms with Crippen LogP contribution in [0.5, 0.6) is 0 Å². The van der Waals surface area contributed by atoms with E-state index in [1.165, 1.54) is 0 Å². The van der Waals surface area contributed by atoms with Crippen LogP contribution in [-0.2, 0) is 4.74 Å². The third-order valence-electron chi connectivity index (χ3n) is 2.45. The topological polar surface area (TPSA) is 67.3 Å². The fraction of sp³-hybridized carbons (Fsp3) is 0.583. The highest BCUT2D eigenvalue weighted by atomic mass is 16.6. The van der Waals surface area contributed by atoms with Crippen molar-refractivity contribution in [3.05, 3.63) is 18.6 Å². The van der Waals surface area contributed by atoms with Gasteiger partial charge in [0.25, 0.3) is 0 Å². The molecule has 1 amide bonds. The Hall–Kier alpha value is -1.85. The first-order chi connectivity index (χ1) is 8.44. The molecule has 1 saturated heterocycles. The summed E-state index contributed by atoms with van der Waals surface area (Å²) in [6, 6.07) is 0.217. The van der Waals surface area contributed by atoms with Crippen LogP contribution in [0.15, 0.2) is 18.6 Å². The molecule has 1 aromatic rings. The van der Waals surface area contributed by atoms with Gasteiger partial charge < -0.3 is 15.0 Å². The molecule has 6 heteroatoms. The first-order valence-electron chi connectivity index (χ1n) is 5.94. The molecule has 1 N–H and O–H groups in total. The number of nitrogens with zero attached hydrogens (tertiary/aromatic N) is 3. The molecule has 0 aliphatic carbocycles. The Morgan fingerprint density at radius 2 is 2.17 bits per heavy atom. The Morgan fingerprint density at radius 1 is 1.44 bits per heavy atom. The van der Waals surface area contributed by atoms with E-state index in [1.807, 2.05) is 20.8 Å². The quantitative estimate of drug-likeness (QED) is 0.861. The van der Waals surface area contributed by atoms with Crippen molar-refractivity contribution in [2.24, 2.45) is 0 Å². The molecule has 0 atom stereocenters. The van der Waals surface area contributed by atoms with E-state index in [4.69, 9.17) is 4.74 Å². The second kappa shape index (κ2) is 4.80. The number of rotatable bonds is 2. The van der Waals surface area contributed by atoms with Gasteiger partial charge in [-0.15, -0.1) is 0 Å². The summed E-state index contributed by atoms with van der Waals surface area (Å²) in [6.07, 6.45) is 4.65. The molecule has 0 radical (unpaired) electrons. The van der Waals surface area contributed by atoms with Gasteiger partial charge in [0.2, 0.25) is 0 Å². The van der Waals surface area contributed by atoms with E-state index in [2.05, 4.69) is 15.3 Å². The second-order valence-corrected chi connectivity index (χ2v) is 5.32. The molecule has 1 aromatic heterocycles. The summed E-state index contributed by atoms with van der Waals surface area (Å²) in [4.78, 5) is 21.4. The molecule has 6 nitrogen and oxygen atoms in total. The van der Waals surface area contributed by atoms with Crippen LogP contribution >= 0.6 is 0 Å². The van der Waals surface area contributed by atoms with Gasteiger partial charge in [0.05, 0.1) is 12.2 Å². The molecule has 1 aliphatic rings. The van der Waals surface area contributed by atoms with Gasteiger partial charge >= 0.3 is 6.09 Å². The summed E-state index contributed by atoms with van der Waals surface area (Å²) < 4.78 is 5.27. The molecule has 1 fully saturated rings. The summed E-state index contributed by atoms with van der Waals surface area (Å²) in [5, 5.41) is 3.20. The van der Waals surface area contributed by atoms with Gasteiger partial charge in [-0.1, -0.05) is 0 Å². The number of likely N-dealkylation sites (tertiary alicyclic amines) is 1. The van der Waals surface area contributed by atoms with Gasteiger partial charge in [0, 0.05) is 25.5 Å². The van der Waals surface area contributed by atoms with Crippen molar-refractivity contribution in [2.45, 2.75) is 32.4 Å². The fourth-order valence-electron chi connectivity index (χ4n) is 1.63. The van der Waals surface area contributed by atoms with Crippen molar-refractivity contribution in [1.29, 1.82) is 0 Å².